The Morgan fingerprint density at radius 3 is 2.70 bits per heavy atom. The fraction of sp³-hybridized carbons (Fsp3) is 0.0625. The van der Waals surface area contributed by atoms with Gasteiger partial charge in [0.2, 0.25) is 0 Å². The lowest BCUT2D eigenvalue weighted by molar-refractivity contribution is 0.626. The molecular formula is C16H9BrFNS. The highest BCUT2D eigenvalue weighted by Gasteiger charge is 2.23. The van der Waals surface area contributed by atoms with Crippen LogP contribution in [0.5, 0.6) is 0 Å². The zero-order valence-corrected chi connectivity index (χ0v) is 12.8. The van der Waals surface area contributed by atoms with Gasteiger partial charge in [0, 0.05) is 26.9 Å². The predicted octanol–water partition coefficient (Wildman–Crippen LogP) is 5.28. The number of hydrogen-bond acceptors (Lipinski definition) is 2. The molecule has 0 saturated carbocycles. The van der Waals surface area contributed by atoms with Gasteiger partial charge in [0.25, 0.3) is 0 Å². The zero-order valence-electron chi connectivity index (χ0n) is 10.4. The first-order valence-corrected chi connectivity index (χ1v) is 7.86. The van der Waals surface area contributed by atoms with E-state index in [1.165, 1.54) is 10.9 Å². The summed E-state index contributed by atoms with van der Waals surface area (Å²) in [6.45, 7) is 0. The summed E-state index contributed by atoms with van der Waals surface area (Å²) >= 11 is 5.13. The summed E-state index contributed by atoms with van der Waals surface area (Å²) in [5.41, 5.74) is 4.25. The van der Waals surface area contributed by atoms with Gasteiger partial charge in [-0.05, 0) is 35.9 Å². The third-order valence-electron chi connectivity index (χ3n) is 3.46. The molecule has 0 amide bonds. The second-order valence-corrected chi connectivity index (χ2v) is 6.78. The summed E-state index contributed by atoms with van der Waals surface area (Å²) in [4.78, 5) is 5.97. The lowest BCUT2D eigenvalue weighted by Gasteiger charge is -2.00. The molecule has 0 bridgehead atoms. The lowest BCUT2D eigenvalue weighted by Crippen LogP contribution is -1.84. The van der Waals surface area contributed by atoms with E-state index < -0.39 is 0 Å². The van der Waals surface area contributed by atoms with Crippen molar-refractivity contribution >= 4 is 27.3 Å². The number of hydrogen-bond donors (Lipinski definition) is 0. The Balaban J connectivity index is 1.80. The second kappa shape index (κ2) is 4.50. The predicted molar refractivity (Wildman–Crippen MR) is 83.5 cm³/mol. The number of rotatable bonds is 1. The molecule has 1 heterocycles. The number of halogens is 2. The van der Waals surface area contributed by atoms with Crippen LogP contribution in [-0.4, -0.2) is 4.98 Å². The van der Waals surface area contributed by atoms with Crippen LogP contribution in [0.15, 0.2) is 46.9 Å². The molecule has 1 nitrogen and oxygen atoms in total. The molecular weight excluding hydrogens is 337 g/mol. The summed E-state index contributed by atoms with van der Waals surface area (Å²) in [6, 6.07) is 13.1. The Bertz CT molecular complexity index is 808. The van der Waals surface area contributed by atoms with E-state index in [1.807, 2.05) is 18.2 Å². The molecule has 0 radical (unpaired) electrons. The Morgan fingerprint density at radius 2 is 1.90 bits per heavy atom. The Labute approximate surface area is 128 Å². The Kier molecular flexibility index (Phi) is 2.75. The van der Waals surface area contributed by atoms with Gasteiger partial charge >= 0.3 is 0 Å². The molecule has 1 aliphatic carbocycles. The highest BCUT2D eigenvalue weighted by Crippen LogP contribution is 2.42. The van der Waals surface area contributed by atoms with Crippen LogP contribution in [0.2, 0.25) is 0 Å². The molecule has 0 fully saturated rings. The average molecular weight is 346 g/mol. The van der Waals surface area contributed by atoms with Crippen molar-refractivity contribution in [3.05, 3.63) is 63.2 Å². The van der Waals surface area contributed by atoms with Crippen LogP contribution < -0.4 is 0 Å². The van der Waals surface area contributed by atoms with Crippen molar-refractivity contribution < 1.29 is 4.39 Å². The number of benzene rings is 2. The molecule has 0 atom stereocenters. The van der Waals surface area contributed by atoms with E-state index in [-0.39, 0.29) is 5.82 Å². The third kappa shape index (κ3) is 1.91. The van der Waals surface area contributed by atoms with Crippen molar-refractivity contribution in [3.8, 4) is 21.8 Å². The van der Waals surface area contributed by atoms with E-state index in [2.05, 4.69) is 28.1 Å². The fourth-order valence-electron chi connectivity index (χ4n) is 2.51. The molecule has 0 saturated heterocycles. The van der Waals surface area contributed by atoms with E-state index in [0.29, 0.717) is 0 Å². The Hall–Kier alpha value is -1.52. The van der Waals surface area contributed by atoms with Gasteiger partial charge in [-0.25, -0.2) is 9.37 Å². The molecule has 0 unspecified atom stereocenters. The van der Waals surface area contributed by atoms with E-state index in [1.54, 1.807) is 17.4 Å². The summed E-state index contributed by atoms with van der Waals surface area (Å²) in [6.07, 6.45) is 0.788. The van der Waals surface area contributed by atoms with Crippen LogP contribution in [0.4, 0.5) is 4.39 Å². The van der Waals surface area contributed by atoms with Crippen molar-refractivity contribution in [3.63, 3.8) is 0 Å². The van der Waals surface area contributed by atoms with Gasteiger partial charge in [-0.3, -0.25) is 0 Å². The largest absolute Gasteiger partial charge is 0.236 e. The van der Waals surface area contributed by atoms with E-state index in [9.17, 15) is 4.39 Å². The molecule has 1 aliphatic rings. The molecule has 0 aliphatic heterocycles. The number of fused-ring (bicyclic) bond motifs is 3. The van der Waals surface area contributed by atoms with Crippen LogP contribution in [0.25, 0.3) is 21.8 Å². The van der Waals surface area contributed by atoms with Crippen molar-refractivity contribution in [2.45, 2.75) is 6.42 Å². The molecule has 0 spiro atoms. The minimum Gasteiger partial charge on any atom is -0.236 e. The molecule has 4 rings (SSSR count). The second-order valence-electron chi connectivity index (χ2n) is 4.78. The molecule has 1 aromatic heterocycles. The standard InChI is InChI=1S/C16H9BrFNS/c17-11-3-1-9(2-4-11)16-19-15-13-6-5-12(18)7-10(13)8-14(15)20-16/h1-7H,8H2. The van der Waals surface area contributed by atoms with Crippen molar-refractivity contribution in [1.82, 2.24) is 4.98 Å². The normalized spacial score (nSPS) is 12.3. The first kappa shape index (κ1) is 12.2. The van der Waals surface area contributed by atoms with Crippen LogP contribution in [-0.2, 0) is 6.42 Å². The maximum Gasteiger partial charge on any atom is 0.124 e. The zero-order chi connectivity index (χ0) is 13.7. The Morgan fingerprint density at radius 1 is 1.10 bits per heavy atom. The molecule has 2 aromatic carbocycles. The SMILES string of the molecule is Fc1ccc2c(c1)Cc1sc(-c3ccc(Br)cc3)nc1-2. The van der Waals surface area contributed by atoms with Crippen molar-refractivity contribution in [1.29, 1.82) is 0 Å². The topological polar surface area (TPSA) is 12.9 Å². The van der Waals surface area contributed by atoms with E-state index in [4.69, 9.17) is 4.98 Å². The van der Waals surface area contributed by atoms with Crippen LogP contribution in [0, 0.1) is 5.82 Å². The van der Waals surface area contributed by atoms with Crippen LogP contribution in [0.3, 0.4) is 0 Å². The molecule has 4 heteroatoms. The van der Waals surface area contributed by atoms with E-state index in [0.717, 1.165) is 38.3 Å². The average Bonchev–Trinajstić information content (AvgIpc) is 2.96. The molecule has 20 heavy (non-hydrogen) atoms. The lowest BCUT2D eigenvalue weighted by atomic mass is 10.1. The van der Waals surface area contributed by atoms with Crippen LogP contribution in [0.1, 0.15) is 10.4 Å². The monoisotopic (exact) mass is 345 g/mol. The summed E-state index contributed by atoms with van der Waals surface area (Å²) < 4.78 is 14.3. The van der Waals surface area contributed by atoms with Gasteiger partial charge in [-0.2, -0.15) is 0 Å². The highest BCUT2D eigenvalue weighted by atomic mass is 79.9. The summed E-state index contributed by atoms with van der Waals surface area (Å²) in [7, 11) is 0. The van der Waals surface area contributed by atoms with Crippen molar-refractivity contribution in [2.24, 2.45) is 0 Å². The number of nitrogens with zero attached hydrogens (tertiary/aromatic N) is 1. The molecule has 98 valence electrons. The van der Waals surface area contributed by atoms with Gasteiger partial charge in [0.15, 0.2) is 0 Å². The van der Waals surface area contributed by atoms with Gasteiger partial charge in [0.05, 0.1) is 5.69 Å². The minimum atomic E-state index is -0.174. The smallest absolute Gasteiger partial charge is 0.124 e. The summed E-state index contributed by atoms with van der Waals surface area (Å²) in [5, 5.41) is 1.03. The highest BCUT2D eigenvalue weighted by molar-refractivity contribution is 9.10. The third-order valence-corrected chi connectivity index (χ3v) is 5.10. The number of aromatic nitrogens is 1. The molecule has 0 N–H and O–H groups in total. The maximum absolute atomic E-state index is 13.3. The fourth-order valence-corrected chi connectivity index (χ4v) is 3.88. The van der Waals surface area contributed by atoms with Crippen LogP contribution >= 0.6 is 27.3 Å². The quantitative estimate of drug-likeness (QED) is 0.457. The maximum atomic E-state index is 13.3. The van der Waals surface area contributed by atoms with Gasteiger partial charge in [-0.15, -0.1) is 11.3 Å². The van der Waals surface area contributed by atoms with Gasteiger partial charge in [-0.1, -0.05) is 28.1 Å². The first-order valence-electron chi connectivity index (χ1n) is 6.25. The van der Waals surface area contributed by atoms with E-state index >= 15 is 0 Å². The van der Waals surface area contributed by atoms with Gasteiger partial charge < -0.3 is 0 Å². The summed E-state index contributed by atoms with van der Waals surface area (Å²) in [5.74, 6) is -0.174. The number of thiazole rings is 1. The van der Waals surface area contributed by atoms with Crippen molar-refractivity contribution in [2.75, 3.05) is 0 Å². The minimum absolute atomic E-state index is 0.174. The van der Waals surface area contributed by atoms with Gasteiger partial charge in [0.1, 0.15) is 10.8 Å². The first-order chi connectivity index (χ1) is 9.70. The molecule has 3 aromatic rings.